The van der Waals surface area contributed by atoms with Gasteiger partial charge < -0.3 is 19.7 Å². The number of carbonyl (C=O) groups is 3. The summed E-state index contributed by atoms with van der Waals surface area (Å²) in [5, 5.41) is 2.69. The molecule has 1 aromatic carbocycles. The van der Waals surface area contributed by atoms with E-state index in [0.717, 1.165) is 0 Å². The second kappa shape index (κ2) is 9.39. The van der Waals surface area contributed by atoms with Crippen molar-refractivity contribution in [2.75, 3.05) is 19.7 Å². The van der Waals surface area contributed by atoms with Crippen molar-refractivity contribution < 1.29 is 23.9 Å². The van der Waals surface area contributed by atoms with E-state index < -0.39 is 18.1 Å². The third-order valence-corrected chi connectivity index (χ3v) is 4.49. The van der Waals surface area contributed by atoms with Crippen LogP contribution in [-0.2, 0) is 19.1 Å². The van der Waals surface area contributed by atoms with Gasteiger partial charge in [0, 0.05) is 13.1 Å². The third kappa shape index (κ3) is 5.45. The quantitative estimate of drug-likeness (QED) is 0.734. The summed E-state index contributed by atoms with van der Waals surface area (Å²) in [5.74, 6) is -0.185. The molecule has 1 fully saturated rings. The summed E-state index contributed by atoms with van der Waals surface area (Å²) in [6, 6.07) is 6.72. The molecule has 1 N–H and O–H groups in total. The van der Waals surface area contributed by atoms with Crippen molar-refractivity contribution >= 4 is 17.8 Å². The van der Waals surface area contributed by atoms with E-state index in [4.69, 9.17) is 9.47 Å². The zero-order chi connectivity index (χ0) is 20.0. The Morgan fingerprint density at radius 2 is 1.89 bits per heavy atom. The van der Waals surface area contributed by atoms with Crippen molar-refractivity contribution in [2.45, 2.75) is 52.2 Å². The number of esters is 1. The number of benzene rings is 1. The summed E-state index contributed by atoms with van der Waals surface area (Å²) < 4.78 is 10.7. The first-order valence-electron chi connectivity index (χ1n) is 9.33. The lowest BCUT2D eigenvalue weighted by atomic mass is 10.0. The molecule has 0 unspecified atom stereocenters. The van der Waals surface area contributed by atoms with Gasteiger partial charge in [0.25, 0.3) is 5.91 Å². The highest BCUT2D eigenvalue weighted by Crippen LogP contribution is 2.20. The van der Waals surface area contributed by atoms with Crippen LogP contribution in [0, 0.1) is 0 Å². The Kier molecular flexibility index (Phi) is 7.21. The topological polar surface area (TPSA) is 84.9 Å². The van der Waals surface area contributed by atoms with Crippen LogP contribution in [0.15, 0.2) is 24.3 Å². The Morgan fingerprint density at radius 1 is 1.22 bits per heavy atom. The standard InChI is InChI=1S/C20H28N2O5/c1-5-26-18(23)12-17-19(24)21-10-11-22(17)20(25)14(4)27-16-8-6-15(7-9-16)13(2)3/h6-9,13-14,17H,5,10-12H2,1-4H3,(H,21,24)/t14-,17+/m0/s1. The SMILES string of the molecule is CCOC(=O)C[C@@H]1C(=O)NCCN1C(=O)[C@H](C)Oc1ccc(C(C)C)cc1. The fourth-order valence-electron chi connectivity index (χ4n) is 2.98. The summed E-state index contributed by atoms with van der Waals surface area (Å²) >= 11 is 0. The predicted octanol–water partition coefficient (Wildman–Crippen LogP) is 1.86. The molecule has 7 nitrogen and oxygen atoms in total. The fraction of sp³-hybridized carbons (Fsp3) is 0.550. The normalized spacial score (nSPS) is 18.0. The van der Waals surface area contributed by atoms with Crippen LogP contribution in [0.2, 0.25) is 0 Å². The highest BCUT2D eigenvalue weighted by molar-refractivity contribution is 5.93. The number of hydrogen-bond acceptors (Lipinski definition) is 5. The van der Waals surface area contributed by atoms with Crippen LogP contribution in [0.1, 0.15) is 45.6 Å². The number of nitrogens with zero attached hydrogens (tertiary/aromatic N) is 1. The van der Waals surface area contributed by atoms with Crippen LogP contribution >= 0.6 is 0 Å². The molecule has 0 aliphatic carbocycles. The zero-order valence-corrected chi connectivity index (χ0v) is 16.4. The molecule has 0 bridgehead atoms. The van der Waals surface area contributed by atoms with E-state index in [-0.39, 0.29) is 24.8 Å². The van der Waals surface area contributed by atoms with Gasteiger partial charge in [0.15, 0.2) is 6.10 Å². The van der Waals surface area contributed by atoms with Gasteiger partial charge in [-0.3, -0.25) is 14.4 Å². The van der Waals surface area contributed by atoms with Crippen molar-refractivity contribution in [1.82, 2.24) is 10.2 Å². The molecule has 1 aromatic rings. The van der Waals surface area contributed by atoms with Crippen LogP contribution in [0.5, 0.6) is 5.75 Å². The molecule has 2 atom stereocenters. The summed E-state index contributed by atoms with van der Waals surface area (Å²) in [7, 11) is 0. The molecule has 1 saturated heterocycles. The lowest BCUT2D eigenvalue weighted by Crippen LogP contribution is -2.60. The summed E-state index contributed by atoms with van der Waals surface area (Å²) in [5.41, 5.74) is 1.18. The van der Waals surface area contributed by atoms with Gasteiger partial charge in [-0.1, -0.05) is 26.0 Å². The smallest absolute Gasteiger partial charge is 0.308 e. The van der Waals surface area contributed by atoms with Gasteiger partial charge in [0.1, 0.15) is 11.8 Å². The van der Waals surface area contributed by atoms with Gasteiger partial charge in [0.05, 0.1) is 13.0 Å². The number of carbonyl (C=O) groups excluding carboxylic acids is 3. The monoisotopic (exact) mass is 376 g/mol. The van der Waals surface area contributed by atoms with E-state index in [9.17, 15) is 14.4 Å². The molecule has 148 valence electrons. The first-order chi connectivity index (χ1) is 12.8. The van der Waals surface area contributed by atoms with Crippen LogP contribution in [-0.4, -0.2) is 54.5 Å². The van der Waals surface area contributed by atoms with E-state index in [1.54, 1.807) is 13.8 Å². The van der Waals surface area contributed by atoms with Crippen molar-refractivity contribution in [3.8, 4) is 5.75 Å². The summed E-state index contributed by atoms with van der Waals surface area (Å²) in [6.07, 6.45) is -0.938. The second-order valence-electron chi connectivity index (χ2n) is 6.83. The Hall–Kier alpha value is -2.57. The molecule has 2 rings (SSSR count). The lowest BCUT2D eigenvalue weighted by molar-refractivity contribution is -0.153. The van der Waals surface area contributed by atoms with Crippen LogP contribution in [0.25, 0.3) is 0 Å². The fourth-order valence-corrected chi connectivity index (χ4v) is 2.98. The number of hydrogen-bond donors (Lipinski definition) is 1. The molecule has 1 heterocycles. The minimum Gasteiger partial charge on any atom is -0.481 e. The number of piperazine rings is 1. The van der Waals surface area contributed by atoms with Gasteiger partial charge in [-0.15, -0.1) is 0 Å². The van der Waals surface area contributed by atoms with E-state index in [1.165, 1.54) is 10.5 Å². The van der Waals surface area contributed by atoms with Crippen LogP contribution in [0.4, 0.5) is 0 Å². The van der Waals surface area contributed by atoms with E-state index in [0.29, 0.717) is 24.8 Å². The second-order valence-corrected chi connectivity index (χ2v) is 6.83. The van der Waals surface area contributed by atoms with Crippen molar-refractivity contribution in [3.63, 3.8) is 0 Å². The predicted molar refractivity (Wildman–Crippen MR) is 100 cm³/mol. The maximum atomic E-state index is 12.8. The molecular weight excluding hydrogens is 348 g/mol. The molecule has 2 amide bonds. The highest BCUT2D eigenvalue weighted by atomic mass is 16.5. The van der Waals surface area contributed by atoms with Gasteiger partial charge in [-0.05, 0) is 37.5 Å². The molecule has 27 heavy (non-hydrogen) atoms. The molecule has 0 saturated carbocycles. The minimum absolute atomic E-state index is 0.165. The number of rotatable bonds is 7. The van der Waals surface area contributed by atoms with E-state index in [2.05, 4.69) is 19.2 Å². The largest absolute Gasteiger partial charge is 0.481 e. The molecule has 0 aromatic heterocycles. The van der Waals surface area contributed by atoms with E-state index in [1.807, 2.05) is 24.3 Å². The molecule has 1 aliphatic heterocycles. The maximum absolute atomic E-state index is 12.8. The average molecular weight is 376 g/mol. The highest BCUT2D eigenvalue weighted by Gasteiger charge is 2.37. The van der Waals surface area contributed by atoms with E-state index >= 15 is 0 Å². The Labute approximate surface area is 160 Å². The third-order valence-electron chi connectivity index (χ3n) is 4.49. The van der Waals surface area contributed by atoms with Crippen molar-refractivity contribution in [2.24, 2.45) is 0 Å². The molecular formula is C20H28N2O5. The minimum atomic E-state index is -0.875. The van der Waals surface area contributed by atoms with Crippen molar-refractivity contribution in [1.29, 1.82) is 0 Å². The maximum Gasteiger partial charge on any atom is 0.308 e. The van der Waals surface area contributed by atoms with Crippen LogP contribution < -0.4 is 10.1 Å². The van der Waals surface area contributed by atoms with Crippen molar-refractivity contribution in [3.05, 3.63) is 29.8 Å². The first kappa shape index (κ1) is 20.7. The zero-order valence-electron chi connectivity index (χ0n) is 16.4. The number of ether oxygens (including phenoxy) is 2. The number of amides is 2. The number of nitrogens with one attached hydrogen (secondary N) is 1. The summed E-state index contributed by atoms with van der Waals surface area (Å²) in [4.78, 5) is 38.2. The Bertz CT molecular complexity index is 671. The Morgan fingerprint density at radius 3 is 2.48 bits per heavy atom. The van der Waals surface area contributed by atoms with Gasteiger partial charge in [-0.2, -0.15) is 0 Å². The van der Waals surface area contributed by atoms with Gasteiger partial charge in [0.2, 0.25) is 5.91 Å². The average Bonchev–Trinajstić information content (AvgIpc) is 2.63. The molecule has 7 heteroatoms. The first-order valence-corrected chi connectivity index (χ1v) is 9.33. The molecule has 0 spiro atoms. The molecule has 1 aliphatic rings. The lowest BCUT2D eigenvalue weighted by Gasteiger charge is -2.36. The van der Waals surface area contributed by atoms with Gasteiger partial charge in [-0.25, -0.2) is 0 Å². The summed E-state index contributed by atoms with van der Waals surface area (Å²) in [6.45, 7) is 8.45. The Balaban J connectivity index is 2.05. The van der Waals surface area contributed by atoms with Gasteiger partial charge >= 0.3 is 5.97 Å². The molecule has 0 radical (unpaired) electrons. The van der Waals surface area contributed by atoms with Crippen LogP contribution in [0.3, 0.4) is 0 Å².